The van der Waals surface area contributed by atoms with Crippen molar-refractivity contribution in [3.8, 4) is 5.75 Å². The molecule has 3 rings (SSSR count). The van der Waals surface area contributed by atoms with Gasteiger partial charge in [-0.05, 0) is 49.7 Å². The summed E-state index contributed by atoms with van der Waals surface area (Å²) in [6.45, 7) is 1.75. The number of nitrogens with zero attached hydrogens (tertiary/aromatic N) is 1. The molecule has 0 aliphatic heterocycles. The predicted octanol–water partition coefficient (Wildman–Crippen LogP) is 4.51. The lowest BCUT2D eigenvalue weighted by Crippen LogP contribution is -2.33. The zero-order chi connectivity index (χ0) is 22.6. The molecule has 9 heteroatoms. The van der Waals surface area contributed by atoms with E-state index in [4.69, 9.17) is 9.84 Å². The summed E-state index contributed by atoms with van der Waals surface area (Å²) >= 11 is 0. The van der Waals surface area contributed by atoms with Gasteiger partial charge in [0, 0.05) is 35.4 Å². The Morgan fingerprint density at radius 2 is 1.97 bits per heavy atom. The van der Waals surface area contributed by atoms with Gasteiger partial charge in [-0.1, -0.05) is 6.07 Å². The number of hydrogen-bond acceptors (Lipinski definition) is 5. The second-order valence-corrected chi connectivity index (χ2v) is 7.03. The fourth-order valence-corrected chi connectivity index (χ4v) is 3.06. The second-order valence-electron chi connectivity index (χ2n) is 7.03. The van der Waals surface area contributed by atoms with E-state index in [0.717, 1.165) is 12.1 Å². The number of fused-ring (bicyclic) bond motifs is 1. The molecule has 0 unspecified atom stereocenters. The van der Waals surface area contributed by atoms with Gasteiger partial charge in [0.25, 0.3) is 5.91 Å². The monoisotopic (exact) mass is 433 g/mol. The molecule has 1 atom stereocenters. The van der Waals surface area contributed by atoms with Crippen LogP contribution in [0.15, 0.2) is 48.5 Å². The fraction of sp³-hybridized carbons (Fsp3) is 0.273. The second kappa shape index (κ2) is 9.22. The first kappa shape index (κ1) is 22.4. The predicted molar refractivity (Wildman–Crippen MR) is 112 cm³/mol. The molecule has 1 heterocycles. The van der Waals surface area contributed by atoms with Gasteiger partial charge >= 0.3 is 6.18 Å². The van der Waals surface area contributed by atoms with Crippen molar-refractivity contribution in [2.75, 3.05) is 19.0 Å². The number of pyridine rings is 1. The molecule has 0 saturated heterocycles. The molecule has 0 aliphatic rings. The highest BCUT2D eigenvalue weighted by Gasteiger charge is 2.30. The summed E-state index contributed by atoms with van der Waals surface area (Å²) in [6.07, 6.45) is -4.03. The SMILES string of the molecule is COc1cc(Nc2cccc(C(F)(F)F)c2)nc2cc(C(=O)N[C@H](C)CCO)ccc12. The van der Waals surface area contributed by atoms with Crippen molar-refractivity contribution in [2.24, 2.45) is 0 Å². The van der Waals surface area contributed by atoms with Crippen LogP contribution in [0.3, 0.4) is 0 Å². The van der Waals surface area contributed by atoms with Crippen molar-refractivity contribution >= 4 is 28.3 Å². The summed E-state index contributed by atoms with van der Waals surface area (Å²) in [5, 5.41) is 15.3. The first-order chi connectivity index (χ1) is 14.7. The van der Waals surface area contributed by atoms with Crippen molar-refractivity contribution in [3.63, 3.8) is 0 Å². The van der Waals surface area contributed by atoms with Crippen LogP contribution in [-0.4, -0.2) is 35.8 Å². The average molecular weight is 433 g/mol. The number of ether oxygens (including phenoxy) is 1. The minimum absolute atomic E-state index is 0.0392. The number of methoxy groups -OCH3 is 1. The summed E-state index contributed by atoms with van der Waals surface area (Å²) in [6, 6.07) is 11.1. The molecule has 0 spiro atoms. The van der Waals surface area contributed by atoms with Crippen LogP contribution < -0.4 is 15.4 Å². The van der Waals surface area contributed by atoms with Crippen LogP contribution >= 0.6 is 0 Å². The average Bonchev–Trinajstić information content (AvgIpc) is 2.72. The number of halogens is 3. The van der Waals surface area contributed by atoms with Crippen LogP contribution in [0, 0.1) is 0 Å². The molecular weight excluding hydrogens is 411 g/mol. The van der Waals surface area contributed by atoms with E-state index in [1.807, 2.05) is 0 Å². The molecule has 2 aromatic carbocycles. The van der Waals surface area contributed by atoms with Gasteiger partial charge in [-0.3, -0.25) is 4.79 Å². The number of aromatic nitrogens is 1. The van der Waals surface area contributed by atoms with Crippen molar-refractivity contribution < 1.29 is 27.8 Å². The Labute approximate surface area is 177 Å². The number of benzene rings is 2. The van der Waals surface area contributed by atoms with Gasteiger partial charge in [0.1, 0.15) is 11.6 Å². The summed E-state index contributed by atoms with van der Waals surface area (Å²) in [5.41, 5.74) is 0.246. The zero-order valence-corrected chi connectivity index (χ0v) is 17.0. The largest absolute Gasteiger partial charge is 0.496 e. The van der Waals surface area contributed by atoms with E-state index in [1.54, 1.807) is 31.2 Å². The number of nitrogens with one attached hydrogen (secondary N) is 2. The number of anilines is 2. The third-order valence-electron chi connectivity index (χ3n) is 4.66. The maximum Gasteiger partial charge on any atom is 0.416 e. The van der Waals surface area contributed by atoms with Crippen LogP contribution in [0.5, 0.6) is 5.75 Å². The van der Waals surface area contributed by atoms with Crippen LogP contribution in [0.2, 0.25) is 0 Å². The lowest BCUT2D eigenvalue weighted by Gasteiger charge is -2.14. The maximum absolute atomic E-state index is 13.0. The summed E-state index contributed by atoms with van der Waals surface area (Å²) in [4.78, 5) is 16.9. The Hall–Kier alpha value is -3.33. The quantitative estimate of drug-likeness (QED) is 0.511. The van der Waals surface area contributed by atoms with Gasteiger partial charge in [0.15, 0.2) is 0 Å². The molecule has 31 heavy (non-hydrogen) atoms. The Kier molecular flexibility index (Phi) is 6.65. The zero-order valence-electron chi connectivity index (χ0n) is 17.0. The molecule has 164 valence electrons. The molecule has 3 aromatic rings. The Balaban J connectivity index is 1.93. The van der Waals surface area contributed by atoms with E-state index < -0.39 is 11.7 Å². The Morgan fingerprint density at radius 1 is 1.19 bits per heavy atom. The van der Waals surface area contributed by atoms with Crippen molar-refractivity contribution in [1.82, 2.24) is 10.3 Å². The third kappa shape index (κ3) is 5.43. The summed E-state index contributed by atoms with van der Waals surface area (Å²) in [5.74, 6) is 0.412. The molecule has 3 N–H and O–H groups in total. The number of amides is 1. The van der Waals surface area contributed by atoms with Crippen LogP contribution in [0.25, 0.3) is 10.9 Å². The van der Waals surface area contributed by atoms with Gasteiger partial charge in [0.2, 0.25) is 0 Å². The van der Waals surface area contributed by atoms with Crippen molar-refractivity contribution in [2.45, 2.75) is 25.6 Å². The topological polar surface area (TPSA) is 83.5 Å². The molecule has 0 saturated carbocycles. The number of aliphatic hydroxyl groups excluding tert-OH is 1. The first-order valence-electron chi connectivity index (χ1n) is 9.56. The number of aliphatic hydroxyl groups is 1. The maximum atomic E-state index is 13.0. The van der Waals surface area contributed by atoms with Gasteiger partial charge in [0.05, 0.1) is 18.2 Å². The third-order valence-corrected chi connectivity index (χ3v) is 4.66. The van der Waals surface area contributed by atoms with E-state index in [2.05, 4.69) is 15.6 Å². The molecule has 1 aromatic heterocycles. The summed E-state index contributed by atoms with van der Waals surface area (Å²) in [7, 11) is 1.47. The van der Waals surface area contributed by atoms with Crippen LogP contribution in [-0.2, 0) is 6.18 Å². The van der Waals surface area contributed by atoms with Crippen molar-refractivity contribution in [3.05, 3.63) is 59.7 Å². The highest BCUT2D eigenvalue weighted by Crippen LogP contribution is 2.33. The smallest absolute Gasteiger partial charge is 0.416 e. The Morgan fingerprint density at radius 3 is 2.65 bits per heavy atom. The highest BCUT2D eigenvalue weighted by molar-refractivity contribution is 5.99. The number of alkyl halides is 3. The Bertz CT molecular complexity index is 1090. The van der Waals surface area contributed by atoms with Crippen LogP contribution in [0.1, 0.15) is 29.3 Å². The van der Waals surface area contributed by atoms with E-state index in [9.17, 15) is 18.0 Å². The van der Waals surface area contributed by atoms with E-state index in [-0.39, 0.29) is 30.1 Å². The number of carbonyl (C=O) groups is 1. The number of hydrogen-bond donors (Lipinski definition) is 3. The summed E-state index contributed by atoms with van der Waals surface area (Å²) < 4.78 is 44.3. The first-order valence-corrected chi connectivity index (χ1v) is 9.56. The highest BCUT2D eigenvalue weighted by atomic mass is 19.4. The lowest BCUT2D eigenvalue weighted by molar-refractivity contribution is -0.137. The normalized spacial score (nSPS) is 12.5. The molecule has 0 fully saturated rings. The fourth-order valence-electron chi connectivity index (χ4n) is 3.06. The molecule has 6 nitrogen and oxygen atoms in total. The van der Waals surface area contributed by atoms with E-state index >= 15 is 0 Å². The van der Waals surface area contributed by atoms with Gasteiger partial charge in [-0.15, -0.1) is 0 Å². The molecule has 1 amide bonds. The molecular formula is C22H22F3N3O3. The lowest BCUT2D eigenvalue weighted by atomic mass is 10.1. The van der Waals surface area contributed by atoms with Crippen molar-refractivity contribution in [1.29, 1.82) is 0 Å². The molecule has 0 aliphatic carbocycles. The van der Waals surface area contributed by atoms with Gasteiger partial charge in [-0.25, -0.2) is 4.98 Å². The molecule has 0 radical (unpaired) electrons. The molecule has 0 bridgehead atoms. The minimum Gasteiger partial charge on any atom is -0.496 e. The van der Waals surface area contributed by atoms with E-state index in [1.165, 1.54) is 19.2 Å². The number of rotatable bonds is 7. The van der Waals surface area contributed by atoms with Gasteiger partial charge in [-0.2, -0.15) is 13.2 Å². The van der Waals surface area contributed by atoms with E-state index in [0.29, 0.717) is 28.6 Å². The van der Waals surface area contributed by atoms with Gasteiger partial charge < -0.3 is 20.5 Å². The standard InChI is InChI=1S/C22H22F3N3O3/c1-13(8-9-29)26-21(30)14-6-7-17-18(10-14)28-20(12-19(17)31-2)27-16-5-3-4-15(11-16)22(23,24)25/h3-7,10-13,29H,8-9H2,1-2H3,(H,26,30)(H,27,28)/t13-/m1/s1. The minimum atomic E-state index is -4.46. The number of carbonyl (C=O) groups excluding carboxylic acids is 1. The van der Waals surface area contributed by atoms with Crippen LogP contribution in [0.4, 0.5) is 24.7 Å².